The lowest BCUT2D eigenvalue weighted by Gasteiger charge is -2.00. The van der Waals surface area contributed by atoms with Crippen molar-refractivity contribution >= 4 is 0 Å². The number of hydrogen-bond donors (Lipinski definition) is 0. The van der Waals surface area contributed by atoms with Crippen LogP contribution >= 0.6 is 0 Å². The summed E-state index contributed by atoms with van der Waals surface area (Å²) in [6.45, 7) is 3.85. The first-order chi connectivity index (χ1) is 7.43. The van der Waals surface area contributed by atoms with E-state index in [1.807, 2.05) is 6.07 Å². The Bertz CT molecular complexity index is 218. The molecule has 0 fully saturated rings. The SMILES string of the molecule is [CH2]CCCCCCCCCc1ccon1. The summed E-state index contributed by atoms with van der Waals surface area (Å²) in [5.74, 6) is 0. The van der Waals surface area contributed by atoms with Crippen LogP contribution in [0.2, 0.25) is 0 Å². The van der Waals surface area contributed by atoms with E-state index in [4.69, 9.17) is 4.52 Å². The number of rotatable bonds is 9. The van der Waals surface area contributed by atoms with E-state index in [2.05, 4.69) is 12.1 Å². The molecule has 2 heteroatoms. The highest BCUT2D eigenvalue weighted by Gasteiger charge is 1.96. The zero-order valence-corrected chi connectivity index (χ0v) is 9.58. The second-order valence-corrected chi connectivity index (χ2v) is 4.07. The first-order valence-corrected chi connectivity index (χ1v) is 6.12. The van der Waals surface area contributed by atoms with E-state index >= 15 is 0 Å². The first kappa shape index (κ1) is 12.3. The Balaban J connectivity index is 1.81. The molecule has 1 aromatic rings. The topological polar surface area (TPSA) is 26.0 Å². The maximum Gasteiger partial charge on any atom is 0.124 e. The average Bonchev–Trinajstić information content (AvgIpc) is 2.75. The molecule has 1 radical (unpaired) electrons. The summed E-state index contributed by atoms with van der Waals surface area (Å²) in [4.78, 5) is 0. The van der Waals surface area contributed by atoms with Gasteiger partial charge in [0.1, 0.15) is 6.26 Å². The van der Waals surface area contributed by atoms with Crippen LogP contribution in [-0.2, 0) is 6.42 Å². The number of aryl methyl sites for hydroxylation is 1. The van der Waals surface area contributed by atoms with Gasteiger partial charge >= 0.3 is 0 Å². The normalized spacial score (nSPS) is 10.7. The summed E-state index contributed by atoms with van der Waals surface area (Å²) in [5.41, 5.74) is 1.09. The summed E-state index contributed by atoms with van der Waals surface area (Å²) in [5, 5.41) is 3.89. The summed E-state index contributed by atoms with van der Waals surface area (Å²) < 4.78 is 4.78. The molecular formula is C13H22NO. The van der Waals surface area contributed by atoms with E-state index in [0.29, 0.717) is 0 Å². The lowest BCUT2D eigenvalue weighted by molar-refractivity contribution is 0.410. The van der Waals surface area contributed by atoms with Crippen molar-refractivity contribution in [3.8, 4) is 0 Å². The molecule has 2 nitrogen and oxygen atoms in total. The molecule has 0 saturated carbocycles. The highest BCUT2D eigenvalue weighted by atomic mass is 16.5. The molecule has 85 valence electrons. The number of hydrogen-bond acceptors (Lipinski definition) is 2. The van der Waals surface area contributed by atoms with Crippen molar-refractivity contribution in [2.45, 2.75) is 57.8 Å². The molecule has 0 aromatic carbocycles. The number of unbranched alkanes of at least 4 members (excludes halogenated alkanes) is 7. The number of aromatic nitrogens is 1. The van der Waals surface area contributed by atoms with Gasteiger partial charge in [-0.15, -0.1) is 0 Å². The van der Waals surface area contributed by atoms with E-state index in [9.17, 15) is 0 Å². The Kier molecular flexibility index (Phi) is 6.97. The Labute approximate surface area is 93.0 Å². The smallest absolute Gasteiger partial charge is 0.124 e. The van der Waals surface area contributed by atoms with Crippen molar-refractivity contribution in [1.82, 2.24) is 5.16 Å². The van der Waals surface area contributed by atoms with Gasteiger partial charge in [0.05, 0.1) is 5.69 Å². The molecule has 0 unspecified atom stereocenters. The lowest BCUT2D eigenvalue weighted by Crippen LogP contribution is -1.86. The molecule has 0 aliphatic carbocycles. The molecule has 0 bridgehead atoms. The highest BCUT2D eigenvalue weighted by molar-refractivity contribution is 4.94. The Morgan fingerprint density at radius 3 is 2.27 bits per heavy atom. The fraction of sp³-hybridized carbons (Fsp3) is 0.692. The molecular weight excluding hydrogens is 186 g/mol. The van der Waals surface area contributed by atoms with E-state index < -0.39 is 0 Å². The predicted octanol–water partition coefficient (Wildman–Crippen LogP) is 4.17. The minimum absolute atomic E-state index is 1.06. The van der Waals surface area contributed by atoms with Crippen LogP contribution in [0.1, 0.15) is 57.1 Å². The fourth-order valence-corrected chi connectivity index (χ4v) is 1.73. The van der Waals surface area contributed by atoms with Crippen LogP contribution in [0.5, 0.6) is 0 Å². The van der Waals surface area contributed by atoms with Crippen molar-refractivity contribution in [1.29, 1.82) is 0 Å². The molecule has 0 aliphatic heterocycles. The van der Waals surface area contributed by atoms with E-state index in [0.717, 1.165) is 18.5 Å². The molecule has 0 spiro atoms. The standard InChI is InChI=1S/C13H22NO/c1-2-3-4-5-6-7-8-9-10-13-11-12-15-14-13/h11-12H,1-10H2. The van der Waals surface area contributed by atoms with E-state index in [-0.39, 0.29) is 0 Å². The van der Waals surface area contributed by atoms with Crippen LogP contribution in [-0.4, -0.2) is 5.16 Å². The minimum atomic E-state index is 1.06. The lowest BCUT2D eigenvalue weighted by atomic mass is 10.1. The maximum absolute atomic E-state index is 4.78. The van der Waals surface area contributed by atoms with Gasteiger partial charge in [0.15, 0.2) is 0 Å². The van der Waals surface area contributed by atoms with Crippen LogP contribution in [0, 0.1) is 6.92 Å². The summed E-state index contributed by atoms with van der Waals surface area (Å²) in [6.07, 6.45) is 13.1. The Morgan fingerprint density at radius 1 is 1.00 bits per heavy atom. The zero-order valence-electron chi connectivity index (χ0n) is 9.58. The average molecular weight is 208 g/mol. The van der Waals surface area contributed by atoms with Gasteiger partial charge in [-0.2, -0.15) is 0 Å². The third-order valence-electron chi connectivity index (χ3n) is 2.67. The van der Waals surface area contributed by atoms with Crippen LogP contribution in [0.3, 0.4) is 0 Å². The molecule has 0 N–H and O–H groups in total. The molecule has 0 aliphatic rings. The summed E-state index contributed by atoms with van der Waals surface area (Å²) >= 11 is 0. The van der Waals surface area contributed by atoms with Gasteiger partial charge in [-0.25, -0.2) is 0 Å². The van der Waals surface area contributed by atoms with Crippen LogP contribution in [0.15, 0.2) is 16.9 Å². The van der Waals surface area contributed by atoms with E-state index in [1.165, 1.54) is 44.9 Å². The van der Waals surface area contributed by atoms with Crippen molar-refractivity contribution in [2.24, 2.45) is 0 Å². The van der Waals surface area contributed by atoms with Crippen LogP contribution < -0.4 is 0 Å². The largest absolute Gasteiger partial charge is 0.365 e. The maximum atomic E-state index is 4.78. The van der Waals surface area contributed by atoms with Crippen molar-refractivity contribution < 1.29 is 4.52 Å². The van der Waals surface area contributed by atoms with Gasteiger partial charge in [0.25, 0.3) is 0 Å². The fourth-order valence-electron chi connectivity index (χ4n) is 1.73. The minimum Gasteiger partial charge on any atom is -0.365 e. The quantitative estimate of drug-likeness (QED) is 0.569. The van der Waals surface area contributed by atoms with Crippen molar-refractivity contribution in [2.75, 3.05) is 0 Å². The highest BCUT2D eigenvalue weighted by Crippen LogP contribution is 2.10. The summed E-state index contributed by atoms with van der Waals surface area (Å²) in [6, 6.07) is 1.95. The molecule has 0 amide bonds. The predicted molar refractivity (Wildman–Crippen MR) is 62.5 cm³/mol. The van der Waals surface area contributed by atoms with Gasteiger partial charge in [-0.05, 0) is 12.8 Å². The third kappa shape index (κ3) is 6.32. The monoisotopic (exact) mass is 208 g/mol. The molecule has 1 rings (SSSR count). The van der Waals surface area contributed by atoms with Crippen molar-refractivity contribution in [3.63, 3.8) is 0 Å². The van der Waals surface area contributed by atoms with Gasteiger partial charge in [0.2, 0.25) is 0 Å². The number of nitrogens with zero attached hydrogens (tertiary/aromatic N) is 1. The van der Waals surface area contributed by atoms with Crippen molar-refractivity contribution in [3.05, 3.63) is 24.9 Å². The molecule has 0 saturated heterocycles. The zero-order chi connectivity index (χ0) is 10.8. The van der Waals surface area contributed by atoms with Gasteiger partial charge < -0.3 is 4.52 Å². The second kappa shape index (κ2) is 8.51. The Hall–Kier alpha value is -0.790. The Morgan fingerprint density at radius 2 is 1.67 bits per heavy atom. The van der Waals surface area contributed by atoms with Gasteiger partial charge in [-0.3, -0.25) is 0 Å². The first-order valence-electron chi connectivity index (χ1n) is 6.12. The van der Waals surface area contributed by atoms with Gasteiger partial charge in [0, 0.05) is 6.07 Å². The molecule has 0 atom stereocenters. The third-order valence-corrected chi connectivity index (χ3v) is 2.67. The van der Waals surface area contributed by atoms with Crippen LogP contribution in [0.4, 0.5) is 0 Å². The van der Waals surface area contributed by atoms with Crippen LogP contribution in [0.25, 0.3) is 0 Å². The van der Waals surface area contributed by atoms with Gasteiger partial charge in [-0.1, -0.05) is 57.0 Å². The summed E-state index contributed by atoms with van der Waals surface area (Å²) in [7, 11) is 0. The second-order valence-electron chi connectivity index (χ2n) is 4.07. The molecule has 15 heavy (non-hydrogen) atoms. The molecule has 1 aromatic heterocycles. The van der Waals surface area contributed by atoms with E-state index in [1.54, 1.807) is 6.26 Å². The molecule has 1 heterocycles.